The van der Waals surface area contributed by atoms with Crippen LogP contribution in [0.5, 0.6) is 5.75 Å². The van der Waals surface area contributed by atoms with Crippen LogP contribution in [0.25, 0.3) is 11.0 Å². The zero-order chi connectivity index (χ0) is 18.8. The van der Waals surface area contributed by atoms with Gasteiger partial charge < -0.3 is 14.5 Å². The van der Waals surface area contributed by atoms with Gasteiger partial charge in [-0.1, -0.05) is 6.07 Å². The van der Waals surface area contributed by atoms with Crippen molar-refractivity contribution in [3.8, 4) is 5.75 Å². The molecule has 1 N–H and O–H groups in total. The van der Waals surface area contributed by atoms with Crippen molar-refractivity contribution in [2.24, 2.45) is 0 Å². The van der Waals surface area contributed by atoms with Crippen molar-refractivity contribution < 1.29 is 18.9 Å². The standard InChI is InChI=1S/C19H18N2O5/c1-4-25-14-7-8-17-15(10-14)12(3)18(26-17)19(22)20-16-9-13(21(23)24)6-5-11(16)2/h5-10H,4H2,1-3H3,(H,20,22). The van der Waals surface area contributed by atoms with Crippen LogP contribution in [0.2, 0.25) is 0 Å². The van der Waals surface area contributed by atoms with E-state index in [0.29, 0.717) is 29.2 Å². The molecule has 0 unspecified atom stereocenters. The minimum absolute atomic E-state index is 0.0893. The molecule has 2 aromatic carbocycles. The number of carbonyl (C=O) groups excluding carboxylic acids is 1. The largest absolute Gasteiger partial charge is 0.494 e. The maximum absolute atomic E-state index is 12.6. The minimum atomic E-state index is -0.503. The van der Waals surface area contributed by atoms with Crippen molar-refractivity contribution in [2.45, 2.75) is 20.8 Å². The zero-order valence-electron chi connectivity index (χ0n) is 14.7. The van der Waals surface area contributed by atoms with E-state index < -0.39 is 10.8 Å². The van der Waals surface area contributed by atoms with Crippen LogP contribution in [0, 0.1) is 24.0 Å². The SMILES string of the molecule is CCOc1ccc2oc(C(=O)Nc3cc([N+](=O)[O-])ccc3C)c(C)c2c1. The summed E-state index contributed by atoms with van der Waals surface area (Å²) in [6.07, 6.45) is 0. The van der Waals surface area contributed by atoms with Gasteiger partial charge in [-0.2, -0.15) is 0 Å². The number of hydrogen-bond donors (Lipinski definition) is 1. The molecule has 0 radical (unpaired) electrons. The highest BCUT2D eigenvalue weighted by Crippen LogP contribution is 2.30. The number of ether oxygens (including phenoxy) is 1. The number of benzene rings is 2. The topological polar surface area (TPSA) is 94.6 Å². The van der Waals surface area contributed by atoms with E-state index in [1.54, 1.807) is 32.0 Å². The Morgan fingerprint density at radius 2 is 2.00 bits per heavy atom. The Labute approximate surface area is 149 Å². The molecule has 0 atom stereocenters. The summed E-state index contributed by atoms with van der Waals surface area (Å²) >= 11 is 0. The second-order valence-electron chi connectivity index (χ2n) is 5.86. The fraction of sp³-hybridized carbons (Fsp3) is 0.211. The first-order valence-corrected chi connectivity index (χ1v) is 8.13. The maximum Gasteiger partial charge on any atom is 0.291 e. The Hall–Kier alpha value is -3.35. The number of amides is 1. The quantitative estimate of drug-likeness (QED) is 0.533. The van der Waals surface area contributed by atoms with Crippen molar-refractivity contribution in [2.75, 3.05) is 11.9 Å². The van der Waals surface area contributed by atoms with Gasteiger partial charge in [-0.3, -0.25) is 14.9 Å². The molecule has 26 heavy (non-hydrogen) atoms. The number of fused-ring (bicyclic) bond motifs is 1. The van der Waals surface area contributed by atoms with Gasteiger partial charge in [-0.25, -0.2) is 0 Å². The molecule has 3 rings (SSSR count). The number of non-ortho nitro benzene ring substituents is 1. The highest BCUT2D eigenvalue weighted by molar-refractivity contribution is 6.07. The van der Waals surface area contributed by atoms with Crippen molar-refractivity contribution in [1.82, 2.24) is 0 Å². The first-order chi connectivity index (χ1) is 12.4. The molecule has 0 aliphatic heterocycles. The molecular formula is C19H18N2O5. The molecule has 1 aromatic heterocycles. The van der Waals surface area contributed by atoms with E-state index in [1.807, 2.05) is 13.0 Å². The monoisotopic (exact) mass is 354 g/mol. The molecule has 0 aliphatic rings. The lowest BCUT2D eigenvalue weighted by Crippen LogP contribution is -2.13. The summed E-state index contributed by atoms with van der Waals surface area (Å²) in [5.74, 6) is 0.408. The van der Waals surface area contributed by atoms with Gasteiger partial charge in [0.1, 0.15) is 11.3 Å². The summed E-state index contributed by atoms with van der Waals surface area (Å²) in [4.78, 5) is 23.1. The van der Waals surface area contributed by atoms with E-state index in [0.717, 1.165) is 10.9 Å². The average molecular weight is 354 g/mol. The fourth-order valence-electron chi connectivity index (χ4n) is 2.71. The lowest BCUT2D eigenvalue weighted by molar-refractivity contribution is -0.384. The predicted molar refractivity (Wildman–Crippen MR) is 97.9 cm³/mol. The lowest BCUT2D eigenvalue weighted by Gasteiger charge is -2.07. The number of nitro groups is 1. The van der Waals surface area contributed by atoms with E-state index in [2.05, 4.69) is 5.32 Å². The molecule has 1 amide bonds. The summed E-state index contributed by atoms with van der Waals surface area (Å²) < 4.78 is 11.2. The van der Waals surface area contributed by atoms with Gasteiger partial charge in [0, 0.05) is 23.1 Å². The van der Waals surface area contributed by atoms with Gasteiger partial charge in [0.15, 0.2) is 5.76 Å². The molecule has 7 nitrogen and oxygen atoms in total. The van der Waals surface area contributed by atoms with Crippen LogP contribution in [-0.2, 0) is 0 Å². The fourth-order valence-corrected chi connectivity index (χ4v) is 2.71. The van der Waals surface area contributed by atoms with Crippen LogP contribution in [-0.4, -0.2) is 17.4 Å². The first kappa shape index (κ1) is 17.5. The molecule has 134 valence electrons. The molecule has 0 aliphatic carbocycles. The highest BCUT2D eigenvalue weighted by Gasteiger charge is 2.20. The van der Waals surface area contributed by atoms with Gasteiger partial charge >= 0.3 is 0 Å². The Morgan fingerprint density at radius 3 is 2.69 bits per heavy atom. The Balaban J connectivity index is 1.94. The molecule has 7 heteroatoms. The van der Waals surface area contributed by atoms with Gasteiger partial charge in [0.2, 0.25) is 0 Å². The number of nitrogens with one attached hydrogen (secondary N) is 1. The van der Waals surface area contributed by atoms with E-state index in [9.17, 15) is 14.9 Å². The number of nitrogens with zero attached hydrogens (tertiary/aromatic N) is 1. The summed E-state index contributed by atoms with van der Waals surface area (Å²) in [6.45, 7) is 5.99. The van der Waals surface area contributed by atoms with E-state index in [1.165, 1.54) is 12.1 Å². The minimum Gasteiger partial charge on any atom is -0.494 e. The number of aryl methyl sites for hydroxylation is 2. The van der Waals surface area contributed by atoms with Crippen molar-refractivity contribution >= 4 is 28.3 Å². The van der Waals surface area contributed by atoms with Crippen LogP contribution < -0.4 is 10.1 Å². The number of rotatable bonds is 5. The Morgan fingerprint density at radius 1 is 1.23 bits per heavy atom. The zero-order valence-corrected chi connectivity index (χ0v) is 14.7. The average Bonchev–Trinajstić information content (AvgIpc) is 2.93. The first-order valence-electron chi connectivity index (χ1n) is 8.13. The Kier molecular flexibility index (Phi) is 4.62. The third-order valence-corrected chi connectivity index (χ3v) is 4.11. The second-order valence-corrected chi connectivity index (χ2v) is 5.86. The number of furan rings is 1. The number of anilines is 1. The van der Waals surface area contributed by atoms with Crippen molar-refractivity contribution in [3.63, 3.8) is 0 Å². The normalized spacial score (nSPS) is 10.7. The number of carbonyl (C=O) groups is 1. The third kappa shape index (κ3) is 3.23. The van der Waals surface area contributed by atoms with E-state index >= 15 is 0 Å². The number of hydrogen-bond acceptors (Lipinski definition) is 5. The molecular weight excluding hydrogens is 336 g/mol. The van der Waals surface area contributed by atoms with Gasteiger partial charge in [-0.15, -0.1) is 0 Å². The van der Waals surface area contributed by atoms with E-state index in [-0.39, 0.29) is 11.4 Å². The van der Waals surface area contributed by atoms with Crippen LogP contribution >= 0.6 is 0 Å². The van der Waals surface area contributed by atoms with Gasteiger partial charge in [0.25, 0.3) is 11.6 Å². The molecule has 0 spiro atoms. The van der Waals surface area contributed by atoms with Crippen molar-refractivity contribution in [1.29, 1.82) is 0 Å². The molecule has 1 heterocycles. The third-order valence-electron chi connectivity index (χ3n) is 4.11. The van der Waals surface area contributed by atoms with Crippen LogP contribution in [0.4, 0.5) is 11.4 Å². The van der Waals surface area contributed by atoms with E-state index in [4.69, 9.17) is 9.15 Å². The summed E-state index contributed by atoms with van der Waals surface area (Å²) in [6, 6.07) is 9.68. The molecule has 0 saturated carbocycles. The summed E-state index contributed by atoms with van der Waals surface area (Å²) in [5, 5.41) is 14.4. The highest BCUT2D eigenvalue weighted by atomic mass is 16.6. The Bertz CT molecular complexity index is 1010. The molecule has 0 saturated heterocycles. The van der Waals surface area contributed by atoms with Gasteiger partial charge in [0.05, 0.1) is 17.2 Å². The maximum atomic E-state index is 12.6. The summed E-state index contributed by atoms with van der Waals surface area (Å²) in [5.41, 5.74) is 2.26. The summed E-state index contributed by atoms with van der Waals surface area (Å²) in [7, 11) is 0. The molecule has 0 fully saturated rings. The van der Waals surface area contributed by atoms with Crippen LogP contribution in [0.3, 0.4) is 0 Å². The number of nitro benzene ring substituents is 1. The van der Waals surface area contributed by atoms with Crippen molar-refractivity contribution in [3.05, 3.63) is 63.4 Å². The predicted octanol–water partition coefficient (Wildman–Crippen LogP) is 4.61. The van der Waals surface area contributed by atoms with Gasteiger partial charge in [-0.05, 0) is 44.5 Å². The van der Waals surface area contributed by atoms with Crippen LogP contribution in [0.1, 0.15) is 28.6 Å². The molecule has 3 aromatic rings. The molecule has 0 bridgehead atoms. The second kappa shape index (κ2) is 6.87. The lowest BCUT2D eigenvalue weighted by atomic mass is 10.1. The van der Waals surface area contributed by atoms with Crippen LogP contribution in [0.15, 0.2) is 40.8 Å². The smallest absolute Gasteiger partial charge is 0.291 e.